The smallest absolute Gasteiger partial charge is 0.332 e. The highest BCUT2D eigenvalue weighted by atomic mass is 35.5. The van der Waals surface area contributed by atoms with Crippen molar-refractivity contribution in [1.29, 1.82) is 0 Å². The van der Waals surface area contributed by atoms with Crippen LogP contribution in [-0.2, 0) is 4.79 Å². The second kappa shape index (κ2) is 2.52. The monoisotopic (exact) mass is 174 g/mol. The molecule has 1 aliphatic carbocycles. The number of hydrogen-bond acceptors (Lipinski definition) is 1. The number of carboxylic acids is 1. The summed E-state index contributed by atoms with van der Waals surface area (Å²) in [7, 11) is 0. The molecular weight excluding hydrogens is 164 g/mol. The SMILES string of the molecule is CC1(C)CCC(C(=O)O)=C1Cl. The van der Waals surface area contributed by atoms with Gasteiger partial charge in [0.05, 0.1) is 5.57 Å². The van der Waals surface area contributed by atoms with E-state index in [0.717, 1.165) is 6.42 Å². The van der Waals surface area contributed by atoms with E-state index in [2.05, 4.69) is 0 Å². The second-order valence-corrected chi connectivity index (χ2v) is 3.86. The molecule has 0 amide bonds. The standard InChI is InChI=1S/C8H11ClO2/c1-8(2)4-3-5(6(8)9)7(10)11/h3-4H2,1-2H3,(H,10,11). The molecule has 0 spiro atoms. The van der Waals surface area contributed by atoms with Crippen molar-refractivity contribution in [2.24, 2.45) is 5.41 Å². The Morgan fingerprint density at radius 1 is 1.64 bits per heavy atom. The minimum absolute atomic E-state index is 0.130. The molecule has 1 aliphatic rings. The largest absolute Gasteiger partial charge is 0.478 e. The van der Waals surface area contributed by atoms with Crippen LogP contribution >= 0.6 is 11.6 Å². The fourth-order valence-electron chi connectivity index (χ4n) is 1.27. The first-order valence-electron chi connectivity index (χ1n) is 3.57. The zero-order valence-electron chi connectivity index (χ0n) is 6.65. The molecule has 0 atom stereocenters. The molecular formula is C8H11ClO2. The predicted molar refractivity (Wildman–Crippen MR) is 43.5 cm³/mol. The highest BCUT2D eigenvalue weighted by Crippen LogP contribution is 2.44. The number of aliphatic carboxylic acids is 1. The fourth-order valence-corrected chi connectivity index (χ4v) is 1.54. The molecule has 0 aromatic carbocycles. The van der Waals surface area contributed by atoms with Crippen LogP contribution < -0.4 is 0 Å². The Balaban J connectivity index is 2.99. The lowest BCUT2D eigenvalue weighted by Gasteiger charge is -2.16. The molecule has 2 nitrogen and oxygen atoms in total. The van der Waals surface area contributed by atoms with E-state index in [1.165, 1.54) is 0 Å². The molecule has 0 unspecified atom stereocenters. The van der Waals surface area contributed by atoms with Gasteiger partial charge in [-0.25, -0.2) is 4.79 Å². The lowest BCUT2D eigenvalue weighted by atomic mass is 9.93. The van der Waals surface area contributed by atoms with Gasteiger partial charge in [-0.2, -0.15) is 0 Å². The van der Waals surface area contributed by atoms with Crippen molar-refractivity contribution in [3.05, 3.63) is 10.6 Å². The molecule has 3 heteroatoms. The Bertz CT molecular complexity index is 228. The van der Waals surface area contributed by atoms with Gasteiger partial charge >= 0.3 is 5.97 Å². The van der Waals surface area contributed by atoms with E-state index < -0.39 is 5.97 Å². The topological polar surface area (TPSA) is 37.3 Å². The van der Waals surface area contributed by atoms with Crippen LogP contribution in [0.25, 0.3) is 0 Å². The van der Waals surface area contributed by atoms with Crippen molar-refractivity contribution < 1.29 is 9.90 Å². The lowest BCUT2D eigenvalue weighted by molar-refractivity contribution is -0.132. The molecule has 0 aromatic heterocycles. The van der Waals surface area contributed by atoms with Gasteiger partial charge in [-0.05, 0) is 12.8 Å². The van der Waals surface area contributed by atoms with Crippen molar-refractivity contribution in [2.45, 2.75) is 26.7 Å². The third kappa shape index (κ3) is 1.41. The van der Waals surface area contributed by atoms with Gasteiger partial charge in [-0.3, -0.25) is 0 Å². The third-order valence-electron chi connectivity index (χ3n) is 2.12. The number of halogens is 1. The van der Waals surface area contributed by atoms with E-state index in [9.17, 15) is 4.79 Å². The number of carbonyl (C=O) groups is 1. The van der Waals surface area contributed by atoms with Crippen LogP contribution in [-0.4, -0.2) is 11.1 Å². The van der Waals surface area contributed by atoms with Gasteiger partial charge in [-0.15, -0.1) is 0 Å². The highest BCUT2D eigenvalue weighted by Gasteiger charge is 2.33. The average Bonchev–Trinajstić information content (AvgIpc) is 2.09. The average molecular weight is 175 g/mol. The zero-order chi connectivity index (χ0) is 8.65. The minimum atomic E-state index is -0.874. The summed E-state index contributed by atoms with van der Waals surface area (Å²) in [5.74, 6) is -0.874. The van der Waals surface area contributed by atoms with Gasteiger partial charge in [0.15, 0.2) is 0 Å². The molecule has 0 saturated heterocycles. The Hall–Kier alpha value is -0.500. The maximum absolute atomic E-state index is 10.6. The van der Waals surface area contributed by atoms with Crippen LogP contribution in [0.3, 0.4) is 0 Å². The van der Waals surface area contributed by atoms with Crippen LogP contribution in [0.4, 0.5) is 0 Å². The zero-order valence-corrected chi connectivity index (χ0v) is 7.40. The molecule has 0 fully saturated rings. The van der Waals surface area contributed by atoms with Crippen LogP contribution in [0.2, 0.25) is 0 Å². The molecule has 0 saturated carbocycles. The van der Waals surface area contributed by atoms with Crippen LogP contribution in [0.1, 0.15) is 26.7 Å². The highest BCUT2D eigenvalue weighted by molar-refractivity contribution is 6.32. The maximum atomic E-state index is 10.6. The van der Waals surface area contributed by atoms with E-state index >= 15 is 0 Å². The summed E-state index contributed by atoms with van der Waals surface area (Å²) in [5.41, 5.74) is 0.256. The Morgan fingerprint density at radius 2 is 2.18 bits per heavy atom. The van der Waals surface area contributed by atoms with Gasteiger partial charge in [0, 0.05) is 10.4 Å². The molecule has 1 N–H and O–H groups in total. The first-order valence-corrected chi connectivity index (χ1v) is 3.95. The normalized spacial score (nSPS) is 22.5. The number of carboxylic acid groups (broad SMARTS) is 1. The van der Waals surface area contributed by atoms with Crippen LogP contribution in [0, 0.1) is 5.41 Å². The van der Waals surface area contributed by atoms with Gasteiger partial charge in [-0.1, -0.05) is 25.4 Å². The quantitative estimate of drug-likeness (QED) is 0.663. The van der Waals surface area contributed by atoms with E-state index in [1.54, 1.807) is 0 Å². The first-order chi connectivity index (χ1) is 4.95. The minimum Gasteiger partial charge on any atom is -0.478 e. The molecule has 0 radical (unpaired) electrons. The summed E-state index contributed by atoms with van der Waals surface area (Å²) in [5, 5.41) is 9.19. The van der Waals surface area contributed by atoms with E-state index in [0.29, 0.717) is 17.0 Å². The van der Waals surface area contributed by atoms with Crippen molar-refractivity contribution in [2.75, 3.05) is 0 Å². The Morgan fingerprint density at radius 3 is 2.36 bits per heavy atom. The van der Waals surface area contributed by atoms with Crippen molar-refractivity contribution in [1.82, 2.24) is 0 Å². The maximum Gasteiger partial charge on any atom is 0.332 e. The van der Waals surface area contributed by atoms with E-state index in [4.69, 9.17) is 16.7 Å². The van der Waals surface area contributed by atoms with Crippen LogP contribution in [0.5, 0.6) is 0 Å². The van der Waals surface area contributed by atoms with Crippen molar-refractivity contribution in [3.63, 3.8) is 0 Å². The third-order valence-corrected chi connectivity index (χ3v) is 2.86. The van der Waals surface area contributed by atoms with Crippen molar-refractivity contribution >= 4 is 17.6 Å². The Kier molecular flexibility index (Phi) is 1.97. The summed E-state index contributed by atoms with van der Waals surface area (Å²) in [6.45, 7) is 3.93. The van der Waals surface area contributed by atoms with Gasteiger partial charge in [0.1, 0.15) is 0 Å². The van der Waals surface area contributed by atoms with Gasteiger partial charge < -0.3 is 5.11 Å². The molecule has 1 rings (SSSR count). The van der Waals surface area contributed by atoms with E-state index in [1.807, 2.05) is 13.8 Å². The number of rotatable bonds is 1. The summed E-state index contributed by atoms with van der Waals surface area (Å²) in [6, 6.07) is 0. The van der Waals surface area contributed by atoms with Crippen molar-refractivity contribution in [3.8, 4) is 0 Å². The number of hydrogen-bond donors (Lipinski definition) is 1. The number of allylic oxidation sites excluding steroid dienone is 1. The van der Waals surface area contributed by atoms with Gasteiger partial charge in [0.2, 0.25) is 0 Å². The molecule has 11 heavy (non-hydrogen) atoms. The lowest BCUT2D eigenvalue weighted by Crippen LogP contribution is -2.06. The second-order valence-electron chi connectivity index (χ2n) is 3.48. The molecule has 0 aromatic rings. The van der Waals surface area contributed by atoms with E-state index in [-0.39, 0.29) is 5.41 Å². The predicted octanol–water partition coefficient (Wildman–Crippen LogP) is 2.38. The van der Waals surface area contributed by atoms with Crippen LogP contribution in [0.15, 0.2) is 10.6 Å². The molecule has 62 valence electrons. The summed E-state index contributed by atoms with van der Waals surface area (Å²) < 4.78 is 0. The fraction of sp³-hybridized carbons (Fsp3) is 0.625. The summed E-state index contributed by atoms with van der Waals surface area (Å²) in [6.07, 6.45) is 1.44. The molecule has 0 bridgehead atoms. The first kappa shape index (κ1) is 8.60. The molecule has 0 aliphatic heterocycles. The van der Waals surface area contributed by atoms with Gasteiger partial charge in [0.25, 0.3) is 0 Å². The summed E-state index contributed by atoms with van der Waals surface area (Å²) in [4.78, 5) is 10.6. The molecule has 0 heterocycles. The Labute approximate surface area is 70.9 Å². The summed E-state index contributed by atoms with van der Waals surface area (Å²) >= 11 is 5.86.